The number of aliphatic hydroxyl groups is 2. The van der Waals surface area contributed by atoms with Gasteiger partial charge in [0.05, 0.1) is 13.0 Å². The fourth-order valence-electron chi connectivity index (χ4n) is 0.831. The molecule has 0 aliphatic carbocycles. The summed E-state index contributed by atoms with van der Waals surface area (Å²) in [7, 11) is 0. The first kappa shape index (κ1) is 17.9. The van der Waals surface area contributed by atoms with E-state index in [4.69, 9.17) is 10.2 Å². The van der Waals surface area contributed by atoms with Crippen molar-refractivity contribution in [3.8, 4) is 0 Å². The van der Waals surface area contributed by atoms with Crippen LogP contribution < -0.4 is 5.32 Å². The Labute approximate surface area is 107 Å². The molecular weight excluding hydrogens is 267 g/mol. The molecule has 4 N–H and O–H groups in total. The number of amides is 1. The van der Waals surface area contributed by atoms with E-state index >= 15 is 0 Å². The molecule has 0 unspecified atom stereocenters. The SMILES string of the molecule is CC(C)(CO)[C@@H](O)C(=O)NCCC(=O)O.[Zn]. The van der Waals surface area contributed by atoms with Gasteiger partial charge in [-0.05, 0) is 0 Å². The summed E-state index contributed by atoms with van der Waals surface area (Å²) in [6.07, 6.45) is -1.55. The molecule has 0 radical (unpaired) electrons. The summed E-state index contributed by atoms with van der Waals surface area (Å²) in [6.45, 7) is 2.70. The second kappa shape index (κ2) is 7.71. The van der Waals surface area contributed by atoms with E-state index in [-0.39, 0.29) is 39.1 Å². The topological polar surface area (TPSA) is 107 Å². The molecule has 7 heteroatoms. The van der Waals surface area contributed by atoms with Gasteiger partial charge in [-0.1, -0.05) is 13.8 Å². The third-order valence-electron chi connectivity index (χ3n) is 2.03. The zero-order valence-corrected chi connectivity index (χ0v) is 12.5. The normalized spacial score (nSPS) is 12.5. The van der Waals surface area contributed by atoms with Gasteiger partial charge in [-0.3, -0.25) is 9.59 Å². The maximum Gasteiger partial charge on any atom is 0.305 e. The standard InChI is InChI=1S/C9H17NO5.Zn/c1-9(2,5-11)7(14)8(15)10-4-3-6(12)13;/h7,11,14H,3-5H2,1-2H3,(H,10,15)(H,12,13);/t7-;/m0./s1. The average Bonchev–Trinajstić information content (AvgIpc) is 2.15. The molecule has 0 aliphatic rings. The molecule has 0 fully saturated rings. The minimum atomic E-state index is -1.35. The summed E-state index contributed by atoms with van der Waals surface area (Å²) in [5.74, 6) is -1.69. The fourth-order valence-corrected chi connectivity index (χ4v) is 0.831. The Kier molecular flexibility index (Phi) is 8.61. The number of carbonyl (C=O) groups is 2. The summed E-state index contributed by atoms with van der Waals surface area (Å²) in [6, 6.07) is 0. The Morgan fingerprint density at radius 1 is 1.38 bits per heavy atom. The van der Waals surface area contributed by atoms with Crippen molar-refractivity contribution < 1.29 is 44.4 Å². The van der Waals surface area contributed by atoms with Crippen LogP contribution in [0.25, 0.3) is 0 Å². The first-order valence-electron chi connectivity index (χ1n) is 4.59. The smallest absolute Gasteiger partial charge is 0.305 e. The number of nitrogens with one attached hydrogen (secondary N) is 1. The largest absolute Gasteiger partial charge is 0.481 e. The summed E-state index contributed by atoms with van der Waals surface area (Å²) in [5, 5.41) is 29.0. The zero-order valence-electron chi connectivity index (χ0n) is 9.56. The van der Waals surface area contributed by atoms with Crippen LogP contribution in [0.2, 0.25) is 0 Å². The molecule has 0 spiro atoms. The van der Waals surface area contributed by atoms with Crippen LogP contribution >= 0.6 is 0 Å². The first-order chi connectivity index (χ1) is 6.81. The van der Waals surface area contributed by atoms with E-state index in [0.717, 1.165) is 0 Å². The van der Waals surface area contributed by atoms with Crippen molar-refractivity contribution in [3.05, 3.63) is 0 Å². The van der Waals surface area contributed by atoms with Crippen LogP contribution in [0.15, 0.2) is 0 Å². The van der Waals surface area contributed by atoms with Crippen molar-refractivity contribution >= 4 is 11.9 Å². The van der Waals surface area contributed by atoms with Gasteiger partial charge in [-0.15, -0.1) is 0 Å². The van der Waals surface area contributed by atoms with E-state index in [1.165, 1.54) is 13.8 Å². The molecule has 0 aromatic carbocycles. The summed E-state index contributed by atoms with van der Waals surface area (Å²) in [4.78, 5) is 21.4. The van der Waals surface area contributed by atoms with Gasteiger partial charge in [-0.2, -0.15) is 0 Å². The van der Waals surface area contributed by atoms with Gasteiger partial charge in [0.25, 0.3) is 0 Å². The van der Waals surface area contributed by atoms with Crippen molar-refractivity contribution in [2.75, 3.05) is 13.2 Å². The van der Waals surface area contributed by atoms with E-state index in [1.807, 2.05) is 0 Å². The molecule has 0 aromatic rings. The van der Waals surface area contributed by atoms with Crippen LogP contribution in [0, 0.1) is 5.41 Å². The molecular formula is C9H17NO5Zn. The van der Waals surface area contributed by atoms with Crippen molar-refractivity contribution in [3.63, 3.8) is 0 Å². The van der Waals surface area contributed by atoms with E-state index in [9.17, 15) is 14.7 Å². The second-order valence-electron chi connectivity index (χ2n) is 3.98. The van der Waals surface area contributed by atoms with Crippen molar-refractivity contribution in [2.24, 2.45) is 5.41 Å². The van der Waals surface area contributed by atoms with Gasteiger partial charge in [-0.25, -0.2) is 0 Å². The fraction of sp³-hybridized carbons (Fsp3) is 0.778. The summed E-state index contributed by atoms with van der Waals surface area (Å²) in [5.41, 5.74) is -0.937. The van der Waals surface area contributed by atoms with Crippen LogP contribution in [0.5, 0.6) is 0 Å². The van der Waals surface area contributed by atoms with Gasteiger partial charge in [0.15, 0.2) is 0 Å². The molecule has 1 amide bonds. The maximum absolute atomic E-state index is 11.3. The van der Waals surface area contributed by atoms with Gasteiger partial charge in [0, 0.05) is 31.4 Å². The summed E-state index contributed by atoms with van der Waals surface area (Å²) < 4.78 is 0. The van der Waals surface area contributed by atoms with Gasteiger partial charge in [0.1, 0.15) is 6.10 Å². The van der Waals surface area contributed by atoms with Crippen LogP contribution in [0.3, 0.4) is 0 Å². The minimum Gasteiger partial charge on any atom is -0.481 e. The van der Waals surface area contributed by atoms with E-state index < -0.39 is 23.4 Å². The Balaban J connectivity index is 0. The summed E-state index contributed by atoms with van der Waals surface area (Å²) >= 11 is 0. The van der Waals surface area contributed by atoms with Crippen molar-refractivity contribution in [1.29, 1.82) is 0 Å². The number of hydrogen-bond acceptors (Lipinski definition) is 4. The molecule has 0 aromatic heterocycles. The first-order valence-corrected chi connectivity index (χ1v) is 4.59. The number of hydrogen-bond donors (Lipinski definition) is 4. The average molecular weight is 285 g/mol. The number of carboxylic acid groups (broad SMARTS) is 1. The van der Waals surface area contributed by atoms with E-state index in [1.54, 1.807) is 0 Å². The quantitative estimate of drug-likeness (QED) is 0.466. The van der Waals surface area contributed by atoms with Crippen molar-refractivity contribution in [1.82, 2.24) is 5.32 Å². The van der Waals surface area contributed by atoms with Crippen LogP contribution in [-0.4, -0.2) is 46.5 Å². The Bertz CT molecular complexity index is 244. The molecule has 0 rings (SSSR count). The molecule has 16 heavy (non-hydrogen) atoms. The minimum absolute atomic E-state index is 0. The number of aliphatic carboxylic acids is 1. The number of aliphatic hydroxyl groups excluding tert-OH is 2. The molecule has 1 atom stereocenters. The molecule has 6 nitrogen and oxygen atoms in total. The Morgan fingerprint density at radius 3 is 2.25 bits per heavy atom. The Hall–Kier alpha value is -0.517. The monoisotopic (exact) mass is 283 g/mol. The number of carbonyl (C=O) groups excluding carboxylic acids is 1. The predicted molar refractivity (Wildman–Crippen MR) is 52.1 cm³/mol. The molecule has 0 heterocycles. The van der Waals surface area contributed by atoms with Crippen LogP contribution in [0.1, 0.15) is 20.3 Å². The third kappa shape index (κ3) is 6.15. The predicted octanol–water partition coefficient (Wildman–Crippen LogP) is -1.05. The molecule has 0 saturated heterocycles. The van der Waals surface area contributed by atoms with Crippen LogP contribution in [-0.2, 0) is 29.1 Å². The molecule has 0 aliphatic heterocycles. The molecule has 90 valence electrons. The molecule has 0 saturated carbocycles. The van der Waals surface area contributed by atoms with E-state index in [2.05, 4.69) is 5.32 Å². The number of rotatable bonds is 6. The maximum atomic E-state index is 11.3. The number of carboxylic acids is 1. The third-order valence-corrected chi connectivity index (χ3v) is 2.03. The van der Waals surface area contributed by atoms with Crippen LogP contribution in [0.4, 0.5) is 0 Å². The van der Waals surface area contributed by atoms with Crippen molar-refractivity contribution in [2.45, 2.75) is 26.4 Å². The van der Waals surface area contributed by atoms with Gasteiger partial charge >= 0.3 is 5.97 Å². The van der Waals surface area contributed by atoms with E-state index in [0.29, 0.717) is 0 Å². The van der Waals surface area contributed by atoms with Gasteiger partial charge in [0.2, 0.25) is 5.91 Å². The second-order valence-corrected chi connectivity index (χ2v) is 3.98. The Morgan fingerprint density at radius 2 is 1.88 bits per heavy atom. The zero-order chi connectivity index (χ0) is 12.1. The molecule has 0 bridgehead atoms. The van der Waals surface area contributed by atoms with Gasteiger partial charge < -0.3 is 20.6 Å².